The van der Waals surface area contributed by atoms with Gasteiger partial charge in [-0.3, -0.25) is 66.5 Å². The summed E-state index contributed by atoms with van der Waals surface area (Å²) in [5.74, 6) is -0.0450. The van der Waals surface area contributed by atoms with Gasteiger partial charge in [0.1, 0.15) is 85.5 Å². The van der Waals surface area contributed by atoms with Crippen molar-refractivity contribution < 1.29 is 112 Å². The highest BCUT2D eigenvalue weighted by molar-refractivity contribution is 8.08. The molecular weight excluding hydrogens is 1880 g/mol. The van der Waals surface area contributed by atoms with Gasteiger partial charge in [0.25, 0.3) is 22.2 Å². The van der Waals surface area contributed by atoms with Crippen molar-refractivity contribution in [1.82, 2.24) is 67.3 Å². The summed E-state index contributed by atoms with van der Waals surface area (Å²) >= 11 is 33.0. The highest BCUT2D eigenvalue weighted by Crippen LogP contribution is 2.57. The summed E-state index contributed by atoms with van der Waals surface area (Å²) in [6.07, 6.45) is -14.9. The lowest BCUT2D eigenvalue weighted by Gasteiger charge is -2.28. The van der Waals surface area contributed by atoms with Crippen molar-refractivity contribution in [2.75, 3.05) is 51.6 Å². The zero-order chi connectivity index (χ0) is 89.1. The van der Waals surface area contributed by atoms with Crippen LogP contribution < -0.4 is 62.2 Å². The number of nitrogens with one attached hydrogen (secondary N) is 4. The van der Waals surface area contributed by atoms with Crippen LogP contribution in [0.4, 0.5) is 11.6 Å². The largest absolute Gasteiger partial charge is 0.383 e. The molecule has 61 heteroatoms. The fourth-order valence-electron chi connectivity index (χ4n) is 14.1. The van der Waals surface area contributed by atoms with E-state index in [1.807, 2.05) is 0 Å². The molecule has 0 aromatic carbocycles. The molecule has 49 nitrogen and oxygen atoms in total. The molecule has 7 aromatic heterocycles. The number of H-pyrrole nitrogens is 4. The highest BCUT2D eigenvalue weighted by atomic mass is 32.5. The second-order valence-electron chi connectivity index (χ2n) is 28.9. The van der Waals surface area contributed by atoms with Crippen LogP contribution in [0, 0.1) is 34.6 Å². The number of hydrogen-bond donors (Lipinski definition) is 12. The Labute approximate surface area is 722 Å². The number of nitrogen functional groups attached to an aromatic ring is 2. The highest BCUT2D eigenvalue weighted by Gasteiger charge is 2.50. The quantitative estimate of drug-likeness (QED) is 0.0240. The van der Waals surface area contributed by atoms with Gasteiger partial charge < -0.3 is 124 Å². The Balaban J connectivity index is 0.707. The second-order valence-corrected chi connectivity index (χ2v) is 45.8. The van der Waals surface area contributed by atoms with Crippen molar-refractivity contribution in [2.45, 2.75) is 197 Å². The van der Waals surface area contributed by atoms with Gasteiger partial charge in [0.05, 0.1) is 82.1 Å². The maximum Gasteiger partial charge on any atom is 0.351 e. The molecule has 14 N–H and O–H groups in total. The third kappa shape index (κ3) is 22.9. The number of ether oxygens (including phenoxy) is 6. The predicted molar refractivity (Wildman–Crippen MR) is 448 cm³/mol. The fourth-order valence-corrected chi connectivity index (χ4v) is 22.5. The van der Waals surface area contributed by atoms with Gasteiger partial charge in [0.2, 0.25) is 0 Å². The van der Waals surface area contributed by atoms with E-state index in [2.05, 4.69) is 39.9 Å². The molecule has 123 heavy (non-hydrogen) atoms. The first kappa shape index (κ1) is 95.3. The molecule has 13 rings (SSSR count). The lowest BCUT2D eigenvalue weighted by molar-refractivity contribution is -0.0571. The van der Waals surface area contributed by atoms with Gasteiger partial charge in [-0.2, -0.15) is 4.98 Å². The Morgan fingerprint density at radius 3 is 0.959 bits per heavy atom. The number of nitrogens with zero attached hydrogens (tertiary/aromatic N) is 10. The number of aromatic nitrogens is 14. The molecule has 24 atom stereocenters. The topological polar surface area (TPSA) is 637 Å². The summed E-state index contributed by atoms with van der Waals surface area (Å²) in [6, 6.07) is 0. The van der Waals surface area contributed by atoms with Crippen LogP contribution in [0.1, 0.15) is 117 Å². The molecule has 6 saturated heterocycles. The number of aromatic amines is 4. The second kappa shape index (κ2) is 38.4. The Morgan fingerprint density at radius 1 is 0.390 bits per heavy atom. The van der Waals surface area contributed by atoms with Crippen LogP contribution in [0.5, 0.6) is 0 Å². The van der Waals surface area contributed by atoms with Crippen molar-refractivity contribution in [3.63, 3.8) is 0 Å². The van der Waals surface area contributed by atoms with Crippen molar-refractivity contribution >= 4 is 134 Å². The van der Waals surface area contributed by atoms with Crippen molar-refractivity contribution in [1.29, 1.82) is 0 Å². The summed E-state index contributed by atoms with van der Waals surface area (Å²) in [5, 5.41) is 0. The molecule has 0 amide bonds. The standard InChI is InChI=1S/C62H84N16O33P6S6/c1-8-32-33(9-44(100-32)74-16-28(3)54(79)69-59(74)84)107-113(89,119)95-21-40-35(11-46(102-40)75-17-29(4)55(80)70-60(75)85)109-115(91,121)97-22-41-37(13-48(103-41)77-19-31(6)57(82)72-62(77)87)110-116(92,122)99-24-43-38(14-49(105-43)78-26-67-50-52(64)65-25-66-53(50)78)111-117(93,123)98-23-42-36(12-47(104-42)76-18-30(5)56(81)71-61(76)86)108-114(90,120)96-20-39-34(106-112(88,118)94-7)10-45(101-39)73-15-27(2)51(63)68-58(73)83/h15-19,25-26,32-49H,8-14,20-24H2,1-7H3,(H,88,118)(H,89,119)(H,90,120)(H,91,121)(H,92,122)(H,93,123)(H2,63,68,83)(H2,64,65,66)(H,69,79,84)(H,70,80,85)(H,71,81,86)(H,72,82,87)/t32-,33-,34-,35-,36-,37-,38-,39-,40-,41-,42-,43-,44-,45-,46-,47-,48-,49-,112?,113?,114?,115?,116?,117?/m1/s1. The first-order valence-corrected chi connectivity index (χ1v) is 52.6. The van der Waals surface area contributed by atoms with Crippen LogP contribution in [-0.2, 0) is 154 Å². The van der Waals surface area contributed by atoms with Gasteiger partial charge in [0, 0.05) is 104 Å². The van der Waals surface area contributed by atoms with Crippen LogP contribution >= 0.6 is 40.3 Å². The lowest BCUT2D eigenvalue weighted by atomic mass is 10.1. The molecular formula is C62H84N16O33P6S6. The van der Waals surface area contributed by atoms with Crippen LogP contribution in [0.2, 0.25) is 0 Å². The SMILES string of the molecule is CC[C@H]1O[C@@H](n2cc(C)c(=O)[nH]c2=O)C[C@H]1OP(O)(=S)OC[C@H]1O[C@@H](n2cc(C)c(=O)[nH]c2=O)C[C@H]1OP(O)(=S)OC[C@H]1O[C@@H](n2cc(C)c(=O)[nH]c2=O)C[C@H]1OP(O)(=S)OC[C@H]1O[C@@H](n2cnc3c(N)ncnc32)C[C@H]1OP(O)(=S)OC[C@H]1O[C@@H](n2cc(C)c(=O)[nH]c2=O)C[C@H]1OP(O)(=S)OC[C@H]1O[C@@H](n2cc(C)c(N)nc2=O)C[C@H]1OP(O)(=S)OC. The summed E-state index contributed by atoms with van der Waals surface area (Å²) in [5.41, 5.74) is 6.13. The average molecular weight is 1960 g/mol. The molecule has 0 bridgehead atoms. The number of hydrogen-bond acceptors (Lipinski definition) is 39. The molecule has 0 radical (unpaired) electrons. The van der Waals surface area contributed by atoms with Crippen LogP contribution in [0.25, 0.3) is 11.2 Å². The first-order chi connectivity index (χ1) is 57.7. The van der Waals surface area contributed by atoms with Gasteiger partial charge in [-0.1, -0.05) is 6.92 Å². The number of rotatable bonds is 35. The van der Waals surface area contributed by atoms with E-state index in [1.54, 1.807) is 13.8 Å². The number of fused-ring (bicyclic) bond motifs is 1. The molecule has 6 aliphatic rings. The Bertz CT molecular complexity index is 6060. The molecule has 6 unspecified atom stereocenters. The number of imidazole rings is 1. The molecule has 676 valence electrons. The van der Waals surface area contributed by atoms with E-state index in [0.29, 0.717) is 12.0 Å². The van der Waals surface area contributed by atoms with E-state index < -0.39 is 235 Å². The smallest absolute Gasteiger partial charge is 0.351 e. The summed E-state index contributed by atoms with van der Waals surface area (Å²) < 4.78 is 115. The summed E-state index contributed by atoms with van der Waals surface area (Å²) in [6.45, 7) is -21.3. The first-order valence-electron chi connectivity index (χ1n) is 37.1. The van der Waals surface area contributed by atoms with Crippen molar-refractivity contribution in [2.24, 2.45) is 0 Å². The number of nitrogens with two attached hydrogens (primary N) is 2. The Kier molecular flexibility index (Phi) is 29.7. The fraction of sp³-hybridized carbons (Fsp3) is 0.597. The van der Waals surface area contributed by atoms with Crippen LogP contribution in [-0.4, -0.2) is 210 Å². The van der Waals surface area contributed by atoms with Crippen LogP contribution in [0.3, 0.4) is 0 Å². The number of aryl methyl sites for hydroxylation is 5. The van der Waals surface area contributed by atoms with Gasteiger partial charge in [-0.15, -0.1) is 0 Å². The molecule has 0 aliphatic carbocycles. The monoisotopic (exact) mass is 1960 g/mol. The van der Waals surface area contributed by atoms with Gasteiger partial charge in [0.15, 0.2) is 11.5 Å². The molecule has 13 heterocycles. The molecule has 6 fully saturated rings. The molecule has 7 aromatic rings. The third-order valence-electron chi connectivity index (χ3n) is 20.3. The minimum Gasteiger partial charge on any atom is -0.383 e. The zero-order valence-corrected chi connectivity index (χ0v) is 75.7. The lowest BCUT2D eigenvalue weighted by Crippen LogP contribution is -2.33. The van der Waals surface area contributed by atoms with E-state index >= 15 is 0 Å². The predicted octanol–water partition coefficient (Wildman–Crippen LogP) is 0.467. The van der Waals surface area contributed by atoms with E-state index in [0.717, 1.165) is 31.7 Å². The summed E-state index contributed by atoms with van der Waals surface area (Å²) in [4.78, 5) is 212. The number of anilines is 2. The van der Waals surface area contributed by atoms with Crippen LogP contribution in [0.15, 0.2) is 86.8 Å². The maximum absolute atomic E-state index is 13.5. The van der Waals surface area contributed by atoms with E-state index in [4.69, 9.17) is 165 Å². The van der Waals surface area contributed by atoms with Gasteiger partial charge in [-0.25, -0.2) is 38.9 Å². The maximum atomic E-state index is 13.5. The minimum atomic E-state index is -4.69. The summed E-state index contributed by atoms with van der Waals surface area (Å²) in [7, 11) is 1.11. The normalized spacial score (nSPS) is 29.7. The molecule has 6 aliphatic heterocycles. The van der Waals surface area contributed by atoms with E-state index in [1.165, 1.54) is 74.1 Å². The van der Waals surface area contributed by atoms with Crippen molar-refractivity contribution in [3.8, 4) is 0 Å². The van der Waals surface area contributed by atoms with E-state index in [9.17, 15) is 72.5 Å². The average Bonchev–Trinajstić information content (AvgIpc) is 1.65. The molecule has 0 spiro atoms. The van der Waals surface area contributed by atoms with E-state index in [-0.39, 0.29) is 83.6 Å². The van der Waals surface area contributed by atoms with Gasteiger partial charge in [-0.05, 0) is 112 Å². The third-order valence-corrected chi connectivity index (χ3v) is 30.0. The Hall–Kier alpha value is -5.31. The van der Waals surface area contributed by atoms with Gasteiger partial charge >= 0.3 is 68.8 Å². The Morgan fingerprint density at radius 2 is 0.659 bits per heavy atom. The molecule has 0 saturated carbocycles. The zero-order valence-electron chi connectivity index (χ0n) is 65.4. The van der Waals surface area contributed by atoms with Crippen molar-refractivity contribution in [3.05, 3.63) is 165 Å². The minimum absolute atomic E-state index is 0.00854.